The highest BCUT2D eigenvalue weighted by atomic mass is 32.1. The molecular formula is C9H8N4OS. The highest BCUT2D eigenvalue weighted by molar-refractivity contribution is 7.13. The van der Waals surface area contributed by atoms with Crippen LogP contribution in [0.4, 0.5) is 15.6 Å². The molecule has 0 saturated carbocycles. The summed E-state index contributed by atoms with van der Waals surface area (Å²) in [5, 5.41) is 7.59. The van der Waals surface area contributed by atoms with Crippen LogP contribution in [-0.2, 0) is 0 Å². The van der Waals surface area contributed by atoms with E-state index in [2.05, 4.69) is 20.6 Å². The zero-order valence-corrected chi connectivity index (χ0v) is 8.49. The Morgan fingerprint density at radius 2 is 2.27 bits per heavy atom. The predicted octanol–water partition coefficient (Wildman–Crippen LogP) is 2.18. The van der Waals surface area contributed by atoms with Crippen LogP contribution < -0.4 is 10.6 Å². The molecule has 2 N–H and O–H groups in total. The molecule has 0 saturated heterocycles. The van der Waals surface area contributed by atoms with Gasteiger partial charge in [-0.1, -0.05) is 0 Å². The third-order valence-electron chi connectivity index (χ3n) is 1.57. The molecule has 2 aromatic heterocycles. The number of pyridine rings is 1. The number of carbonyl (C=O) groups excluding carboxylic acids is 1. The summed E-state index contributed by atoms with van der Waals surface area (Å²) in [6.07, 6.45) is 4.84. The topological polar surface area (TPSA) is 66.9 Å². The zero-order valence-electron chi connectivity index (χ0n) is 7.68. The first-order chi connectivity index (χ1) is 7.34. The summed E-state index contributed by atoms with van der Waals surface area (Å²) in [6.45, 7) is 0. The van der Waals surface area contributed by atoms with E-state index in [1.54, 1.807) is 36.1 Å². The van der Waals surface area contributed by atoms with Gasteiger partial charge in [-0.25, -0.2) is 9.78 Å². The normalized spacial score (nSPS) is 9.60. The van der Waals surface area contributed by atoms with Gasteiger partial charge in [-0.15, -0.1) is 11.3 Å². The molecule has 15 heavy (non-hydrogen) atoms. The molecule has 0 atom stereocenters. The minimum Gasteiger partial charge on any atom is -0.306 e. The van der Waals surface area contributed by atoms with Crippen LogP contribution in [0.15, 0.2) is 36.1 Å². The standard InChI is InChI=1S/C9H8N4OS/c14-8(13-9-11-4-5-15-9)12-7-2-1-3-10-6-7/h1-6H,(H2,11,12,13,14). The smallest absolute Gasteiger partial charge is 0.306 e. The number of amides is 2. The molecule has 2 aromatic rings. The number of aromatic nitrogens is 2. The van der Waals surface area contributed by atoms with Crippen LogP contribution in [0.1, 0.15) is 0 Å². The molecule has 6 heteroatoms. The fraction of sp³-hybridized carbons (Fsp3) is 0. The van der Waals surface area contributed by atoms with Gasteiger partial charge in [0.25, 0.3) is 0 Å². The molecule has 0 aliphatic carbocycles. The van der Waals surface area contributed by atoms with Gasteiger partial charge >= 0.3 is 6.03 Å². The SMILES string of the molecule is O=C(Nc1cccnc1)Nc1nccs1. The Labute approximate surface area is 90.2 Å². The average Bonchev–Trinajstić information content (AvgIpc) is 2.71. The second-order valence-corrected chi connectivity index (χ2v) is 3.55. The number of urea groups is 1. The van der Waals surface area contributed by atoms with Gasteiger partial charge in [0.2, 0.25) is 0 Å². The first-order valence-corrected chi connectivity index (χ1v) is 5.10. The molecule has 2 rings (SSSR count). The van der Waals surface area contributed by atoms with Crippen LogP contribution in [0.5, 0.6) is 0 Å². The van der Waals surface area contributed by atoms with Crippen molar-refractivity contribution in [2.75, 3.05) is 10.6 Å². The predicted molar refractivity (Wildman–Crippen MR) is 59.0 cm³/mol. The molecule has 0 aliphatic rings. The van der Waals surface area contributed by atoms with E-state index in [0.717, 1.165) is 0 Å². The Morgan fingerprint density at radius 1 is 1.33 bits per heavy atom. The number of hydrogen-bond acceptors (Lipinski definition) is 4. The van der Waals surface area contributed by atoms with Gasteiger partial charge in [-0.3, -0.25) is 10.3 Å². The summed E-state index contributed by atoms with van der Waals surface area (Å²) in [4.78, 5) is 19.2. The van der Waals surface area contributed by atoms with Crippen molar-refractivity contribution >= 4 is 28.2 Å². The van der Waals surface area contributed by atoms with E-state index in [4.69, 9.17) is 0 Å². The number of nitrogens with zero attached hydrogens (tertiary/aromatic N) is 2. The van der Waals surface area contributed by atoms with E-state index < -0.39 is 0 Å². The maximum atomic E-state index is 11.4. The summed E-state index contributed by atoms with van der Waals surface area (Å²) in [5.41, 5.74) is 0.645. The number of nitrogens with one attached hydrogen (secondary N) is 2. The van der Waals surface area contributed by atoms with Gasteiger partial charge in [0.05, 0.1) is 11.9 Å². The first kappa shape index (κ1) is 9.60. The molecule has 2 amide bonds. The highest BCUT2D eigenvalue weighted by Crippen LogP contribution is 2.11. The lowest BCUT2D eigenvalue weighted by atomic mass is 10.4. The Kier molecular flexibility index (Phi) is 2.89. The molecule has 76 valence electrons. The molecule has 5 nitrogen and oxygen atoms in total. The fourth-order valence-electron chi connectivity index (χ4n) is 0.981. The third kappa shape index (κ3) is 2.75. The van der Waals surface area contributed by atoms with E-state index in [0.29, 0.717) is 10.8 Å². The van der Waals surface area contributed by atoms with Crippen LogP contribution in [0.2, 0.25) is 0 Å². The van der Waals surface area contributed by atoms with Crippen LogP contribution >= 0.6 is 11.3 Å². The van der Waals surface area contributed by atoms with Gasteiger partial charge in [0, 0.05) is 17.8 Å². The summed E-state index contributed by atoms with van der Waals surface area (Å²) >= 11 is 1.36. The van der Waals surface area contributed by atoms with E-state index in [1.807, 2.05) is 0 Å². The van der Waals surface area contributed by atoms with Crippen molar-refractivity contribution in [2.24, 2.45) is 0 Å². The monoisotopic (exact) mass is 220 g/mol. The summed E-state index contributed by atoms with van der Waals surface area (Å²) < 4.78 is 0. The lowest BCUT2D eigenvalue weighted by Crippen LogP contribution is -2.19. The van der Waals surface area contributed by atoms with Crippen LogP contribution in [0.25, 0.3) is 0 Å². The van der Waals surface area contributed by atoms with Gasteiger partial charge in [0.1, 0.15) is 0 Å². The number of carbonyl (C=O) groups is 1. The first-order valence-electron chi connectivity index (χ1n) is 4.22. The quantitative estimate of drug-likeness (QED) is 0.815. The third-order valence-corrected chi connectivity index (χ3v) is 2.26. The van der Waals surface area contributed by atoms with Crippen molar-refractivity contribution < 1.29 is 4.79 Å². The molecule has 0 bridgehead atoms. The molecular weight excluding hydrogens is 212 g/mol. The van der Waals surface area contributed by atoms with Gasteiger partial charge < -0.3 is 5.32 Å². The molecule has 0 spiro atoms. The number of anilines is 2. The second kappa shape index (κ2) is 4.52. The van der Waals surface area contributed by atoms with E-state index >= 15 is 0 Å². The largest absolute Gasteiger partial charge is 0.325 e. The van der Waals surface area contributed by atoms with Crippen molar-refractivity contribution in [3.05, 3.63) is 36.1 Å². The van der Waals surface area contributed by atoms with Crippen molar-refractivity contribution in [1.29, 1.82) is 0 Å². The lowest BCUT2D eigenvalue weighted by molar-refractivity contribution is 0.262. The summed E-state index contributed by atoms with van der Waals surface area (Å²) in [7, 11) is 0. The number of hydrogen-bond donors (Lipinski definition) is 2. The number of thiazole rings is 1. The van der Waals surface area contributed by atoms with Crippen LogP contribution in [0.3, 0.4) is 0 Å². The van der Waals surface area contributed by atoms with Crippen molar-refractivity contribution in [3.8, 4) is 0 Å². The highest BCUT2D eigenvalue weighted by Gasteiger charge is 2.03. The minimum absolute atomic E-state index is 0.321. The summed E-state index contributed by atoms with van der Waals surface area (Å²) in [6, 6.07) is 3.19. The van der Waals surface area contributed by atoms with Crippen LogP contribution in [0, 0.1) is 0 Å². The molecule has 0 aliphatic heterocycles. The van der Waals surface area contributed by atoms with Crippen LogP contribution in [-0.4, -0.2) is 16.0 Å². The Morgan fingerprint density at radius 3 is 2.93 bits per heavy atom. The van der Waals surface area contributed by atoms with Crippen molar-refractivity contribution in [2.45, 2.75) is 0 Å². The van der Waals surface area contributed by atoms with Gasteiger partial charge in [0.15, 0.2) is 5.13 Å². The maximum absolute atomic E-state index is 11.4. The van der Waals surface area contributed by atoms with Crippen molar-refractivity contribution in [1.82, 2.24) is 9.97 Å². The van der Waals surface area contributed by atoms with E-state index in [-0.39, 0.29) is 6.03 Å². The minimum atomic E-state index is -0.321. The number of rotatable bonds is 2. The summed E-state index contributed by atoms with van der Waals surface area (Å²) in [5.74, 6) is 0. The van der Waals surface area contributed by atoms with E-state index in [9.17, 15) is 4.79 Å². The zero-order chi connectivity index (χ0) is 10.5. The molecule has 0 radical (unpaired) electrons. The van der Waals surface area contributed by atoms with Gasteiger partial charge in [-0.2, -0.15) is 0 Å². The molecule has 0 unspecified atom stereocenters. The Balaban J connectivity index is 1.94. The Bertz CT molecular complexity index is 429. The Hall–Kier alpha value is -1.95. The molecule has 2 heterocycles. The maximum Gasteiger partial charge on any atom is 0.325 e. The average molecular weight is 220 g/mol. The van der Waals surface area contributed by atoms with Gasteiger partial charge in [-0.05, 0) is 12.1 Å². The fourth-order valence-corrected chi connectivity index (χ4v) is 1.51. The second-order valence-electron chi connectivity index (χ2n) is 2.66. The molecule has 0 fully saturated rings. The van der Waals surface area contributed by atoms with Crippen molar-refractivity contribution in [3.63, 3.8) is 0 Å². The lowest BCUT2D eigenvalue weighted by Gasteiger charge is -2.03. The molecule has 0 aromatic carbocycles. The van der Waals surface area contributed by atoms with E-state index in [1.165, 1.54) is 11.3 Å².